The summed E-state index contributed by atoms with van der Waals surface area (Å²) in [7, 11) is 1.59. The second-order valence-corrected chi connectivity index (χ2v) is 7.53. The summed E-state index contributed by atoms with van der Waals surface area (Å²) in [5.41, 5.74) is 1.36. The van der Waals surface area contributed by atoms with Crippen molar-refractivity contribution in [2.75, 3.05) is 12.4 Å². The largest absolute Gasteiger partial charge is 0.497 e. The number of carbonyl (C=O) groups excluding carboxylic acids is 1. The maximum atomic E-state index is 12.4. The third-order valence-corrected chi connectivity index (χ3v) is 5.23. The van der Waals surface area contributed by atoms with Gasteiger partial charge in [0, 0.05) is 5.56 Å². The Morgan fingerprint density at radius 3 is 2.68 bits per heavy atom. The van der Waals surface area contributed by atoms with Crippen LogP contribution in [-0.4, -0.2) is 18.0 Å². The number of anilines is 1. The molecule has 7 heteroatoms. The van der Waals surface area contributed by atoms with Crippen LogP contribution in [0.3, 0.4) is 0 Å². The van der Waals surface area contributed by atoms with Crippen molar-refractivity contribution < 1.29 is 9.53 Å². The number of amides is 1. The second kappa shape index (κ2) is 6.60. The highest BCUT2D eigenvalue weighted by molar-refractivity contribution is 9.11. The van der Waals surface area contributed by atoms with Crippen LogP contribution < -0.4 is 10.1 Å². The number of nitrogens with one attached hydrogen (secondary N) is 1. The van der Waals surface area contributed by atoms with Crippen LogP contribution in [0, 0.1) is 0 Å². The Morgan fingerprint density at radius 2 is 2.05 bits per heavy atom. The van der Waals surface area contributed by atoms with Crippen molar-refractivity contribution in [2.45, 2.75) is 0 Å². The standard InChI is InChI=1S/C15H11BrN2O2S2/c1-20-10-6-4-9(5-7-10)13(19)18-14-12(17-15(16)22-14)11-3-2-8-21-11/h2-8H,1H3,(H,18,19). The normalized spacial score (nSPS) is 10.5. The molecule has 0 aliphatic rings. The summed E-state index contributed by atoms with van der Waals surface area (Å²) in [6, 6.07) is 10.9. The third kappa shape index (κ3) is 3.21. The number of carbonyl (C=O) groups is 1. The smallest absolute Gasteiger partial charge is 0.256 e. The number of hydrogen-bond donors (Lipinski definition) is 1. The molecule has 2 aromatic heterocycles. The van der Waals surface area contributed by atoms with Crippen LogP contribution in [-0.2, 0) is 0 Å². The Bertz CT molecular complexity index is 782. The Balaban J connectivity index is 1.85. The highest BCUT2D eigenvalue weighted by atomic mass is 79.9. The van der Waals surface area contributed by atoms with Gasteiger partial charge in [-0.1, -0.05) is 17.4 Å². The zero-order valence-electron chi connectivity index (χ0n) is 11.5. The second-order valence-electron chi connectivity index (χ2n) is 4.30. The fourth-order valence-corrected chi connectivity index (χ4v) is 4.03. The van der Waals surface area contributed by atoms with E-state index in [1.807, 2.05) is 17.5 Å². The number of benzene rings is 1. The summed E-state index contributed by atoms with van der Waals surface area (Å²) >= 11 is 6.36. The first-order valence-corrected chi connectivity index (χ1v) is 8.82. The maximum Gasteiger partial charge on any atom is 0.256 e. The van der Waals surface area contributed by atoms with E-state index in [9.17, 15) is 4.79 Å². The van der Waals surface area contributed by atoms with Crippen LogP contribution in [0.4, 0.5) is 5.00 Å². The maximum absolute atomic E-state index is 12.4. The molecule has 3 aromatic rings. The van der Waals surface area contributed by atoms with Crippen molar-refractivity contribution in [3.8, 4) is 16.3 Å². The average Bonchev–Trinajstić information content (AvgIpc) is 3.17. The minimum atomic E-state index is -0.170. The number of hydrogen-bond acceptors (Lipinski definition) is 5. The fraction of sp³-hybridized carbons (Fsp3) is 0.0667. The lowest BCUT2D eigenvalue weighted by atomic mass is 10.2. The van der Waals surface area contributed by atoms with Crippen LogP contribution in [0.15, 0.2) is 45.7 Å². The van der Waals surface area contributed by atoms with Crippen molar-refractivity contribution >= 4 is 49.5 Å². The van der Waals surface area contributed by atoms with Crippen molar-refractivity contribution in [2.24, 2.45) is 0 Å². The van der Waals surface area contributed by atoms with Gasteiger partial charge in [-0.05, 0) is 51.6 Å². The fourth-order valence-electron chi connectivity index (χ4n) is 1.88. The summed E-state index contributed by atoms with van der Waals surface area (Å²) in [5.74, 6) is 0.549. The molecule has 0 aliphatic carbocycles. The number of halogens is 1. The lowest BCUT2D eigenvalue weighted by Gasteiger charge is -2.05. The molecule has 4 nitrogen and oxygen atoms in total. The Hall–Kier alpha value is -1.70. The molecule has 1 N–H and O–H groups in total. The zero-order valence-corrected chi connectivity index (χ0v) is 14.7. The van der Waals surface area contributed by atoms with E-state index in [2.05, 4.69) is 26.2 Å². The minimum Gasteiger partial charge on any atom is -0.497 e. The van der Waals surface area contributed by atoms with Gasteiger partial charge in [-0.25, -0.2) is 4.98 Å². The van der Waals surface area contributed by atoms with E-state index in [4.69, 9.17) is 4.74 Å². The van der Waals surface area contributed by atoms with Gasteiger partial charge in [-0.3, -0.25) is 4.79 Å². The first-order valence-electron chi connectivity index (χ1n) is 6.33. The topological polar surface area (TPSA) is 51.2 Å². The van der Waals surface area contributed by atoms with Gasteiger partial charge < -0.3 is 10.1 Å². The summed E-state index contributed by atoms with van der Waals surface area (Å²) in [4.78, 5) is 17.8. The van der Waals surface area contributed by atoms with E-state index < -0.39 is 0 Å². The van der Waals surface area contributed by atoms with Crippen LogP contribution in [0.1, 0.15) is 10.4 Å². The average molecular weight is 395 g/mol. The van der Waals surface area contributed by atoms with E-state index in [0.29, 0.717) is 5.56 Å². The van der Waals surface area contributed by atoms with E-state index in [1.54, 1.807) is 42.7 Å². The van der Waals surface area contributed by atoms with Gasteiger partial charge in [0.2, 0.25) is 0 Å². The number of rotatable bonds is 4. The van der Waals surface area contributed by atoms with Crippen LogP contribution in [0.2, 0.25) is 0 Å². The van der Waals surface area contributed by atoms with E-state index in [-0.39, 0.29) is 5.91 Å². The van der Waals surface area contributed by atoms with Gasteiger partial charge in [0.1, 0.15) is 16.4 Å². The predicted octanol–water partition coefficient (Wildman–Crippen LogP) is 4.90. The van der Waals surface area contributed by atoms with Crippen LogP contribution >= 0.6 is 38.6 Å². The van der Waals surface area contributed by atoms with Crippen molar-refractivity contribution in [1.82, 2.24) is 4.98 Å². The Labute approximate surface area is 143 Å². The number of aromatic nitrogens is 1. The predicted molar refractivity (Wildman–Crippen MR) is 94.1 cm³/mol. The molecule has 0 saturated heterocycles. The zero-order chi connectivity index (χ0) is 15.5. The molecule has 1 aromatic carbocycles. The van der Waals surface area contributed by atoms with E-state index in [0.717, 1.165) is 25.2 Å². The minimum absolute atomic E-state index is 0.170. The van der Waals surface area contributed by atoms with Gasteiger partial charge in [0.05, 0.1) is 12.0 Å². The Kier molecular flexibility index (Phi) is 4.56. The number of thiazole rings is 1. The molecule has 22 heavy (non-hydrogen) atoms. The van der Waals surface area contributed by atoms with E-state index >= 15 is 0 Å². The van der Waals surface area contributed by atoms with E-state index in [1.165, 1.54) is 11.3 Å². The quantitative estimate of drug-likeness (QED) is 0.684. The SMILES string of the molecule is COc1ccc(C(=O)Nc2sc(Br)nc2-c2cccs2)cc1. The molecule has 0 saturated carbocycles. The van der Waals surface area contributed by atoms with Crippen LogP contribution in [0.25, 0.3) is 10.6 Å². The highest BCUT2D eigenvalue weighted by Crippen LogP contribution is 2.37. The first kappa shape index (κ1) is 15.2. The molecule has 0 radical (unpaired) electrons. The van der Waals surface area contributed by atoms with Crippen molar-refractivity contribution in [3.63, 3.8) is 0 Å². The molecule has 0 aliphatic heterocycles. The first-order chi connectivity index (χ1) is 10.7. The van der Waals surface area contributed by atoms with Gasteiger partial charge in [-0.2, -0.15) is 0 Å². The monoisotopic (exact) mass is 394 g/mol. The molecule has 112 valence electrons. The number of nitrogens with zero attached hydrogens (tertiary/aromatic N) is 1. The molecule has 0 spiro atoms. The summed E-state index contributed by atoms with van der Waals surface area (Å²) in [6.07, 6.45) is 0. The highest BCUT2D eigenvalue weighted by Gasteiger charge is 2.16. The molecular formula is C15H11BrN2O2S2. The number of methoxy groups -OCH3 is 1. The molecule has 0 bridgehead atoms. The lowest BCUT2D eigenvalue weighted by Crippen LogP contribution is -2.11. The Morgan fingerprint density at radius 1 is 1.27 bits per heavy atom. The van der Waals surface area contributed by atoms with Crippen molar-refractivity contribution in [3.05, 3.63) is 51.3 Å². The van der Waals surface area contributed by atoms with Gasteiger partial charge in [0.15, 0.2) is 3.92 Å². The molecule has 3 rings (SSSR count). The lowest BCUT2D eigenvalue weighted by molar-refractivity contribution is 0.102. The molecule has 2 heterocycles. The van der Waals surface area contributed by atoms with Gasteiger partial charge in [-0.15, -0.1) is 11.3 Å². The molecule has 0 unspecified atom stereocenters. The number of thiophene rings is 1. The van der Waals surface area contributed by atoms with Gasteiger partial charge in [0.25, 0.3) is 5.91 Å². The number of ether oxygens (including phenoxy) is 1. The molecule has 1 amide bonds. The molecule has 0 fully saturated rings. The molecular weight excluding hydrogens is 384 g/mol. The van der Waals surface area contributed by atoms with Crippen LogP contribution in [0.5, 0.6) is 5.75 Å². The molecule has 0 atom stereocenters. The third-order valence-electron chi connectivity index (χ3n) is 2.93. The summed E-state index contributed by atoms with van der Waals surface area (Å²) in [5, 5.41) is 5.64. The van der Waals surface area contributed by atoms with Gasteiger partial charge >= 0.3 is 0 Å². The summed E-state index contributed by atoms with van der Waals surface area (Å²) < 4.78 is 5.83. The van der Waals surface area contributed by atoms with Crippen molar-refractivity contribution in [1.29, 1.82) is 0 Å². The summed E-state index contributed by atoms with van der Waals surface area (Å²) in [6.45, 7) is 0.